The van der Waals surface area contributed by atoms with Crippen molar-refractivity contribution in [2.24, 2.45) is 5.92 Å². The minimum Gasteiger partial charge on any atom is -0.493 e. The Hall–Kier alpha value is -0.740. The predicted molar refractivity (Wildman–Crippen MR) is 81.2 cm³/mol. The molecule has 1 N–H and O–H groups in total. The average molecular weight is 328 g/mol. The van der Waals surface area contributed by atoms with Crippen molar-refractivity contribution in [3.8, 4) is 11.5 Å². The molecular weight excluding hydrogens is 306 g/mol. The molecule has 0 aliphatic carbocycles. The normalized spacial score (nSPS) is 19.2. The van der Waals surface area contributed by atoms with Gasteiger partial charge < -0.3 is 14.8 Å². The Balaban J connectivity index is 2.25. The van der Waals surface area contributed by atoms with E-state index in [-0.39, 0.29) is 0 Å². The highest BCUT2D eigenvalue weighted by Gasteiger charge is 2.20. The third-order valence-electron chi connectivity index (χ3n) is 3.57. The Labute approximate surface area is 123 Å². The molecule has 0 spiro atoms. The van der Waals surface area contributed by atoms with Crippen LogP contribution in [0.5, 0.6) is 11.5 Å². The molecule has 2 rings (SSSR count). The molecule has 19 heavy (non-hydrogen) atoms. The van der Waals surface area contributed by atoms with E-state index in [0.717, 1.165) is 35.5 Å². The fraction of sp³-hybridized carbons (Fsp3) is 0.600. The summed E-state index contributed by atoms with van der Waals surface area (Å²) in [4.78, 5) is 0. The minimum atomic E-state index is 0.655. The lowest BCUT2D eigenvalue weighted by Gasteiger charge is -2.24. The SMILES string of the molecule is CCOc1c(OC)ccc(Br)c1CC1CCCNC1. The van der Waals surface area contributed by atoms with Crippen LogP contribution in [0.3, 0.4) is 0 Å². The van der Waals surface area contributed by atoms with Crippen molar-refractivity contribution in [3.05, 3.63) is 22.2 Å². The largest absolute Gasteiger partial charge is 0.493 e. The highest BCUT2D eigenvalue weighted by molar-refractivity contribution is 9.10. The molecule has 1 heterocycles. The van der Waals surface area contributed by atoms with E-state index in [2.05, 4.69) is 21.2 Å². The molecule has 1 aromatic carbocycles. The number of rotatable bonds is 5. The fourth-order valence-electron chi connectivity index (χ4n) is 2.62. The van der Waals surface area contributed by atoms with Gasteiger partial charge in [0.2, 0.25) is 0 Å². The van der Waals surface area contributed by atoms with Crippen LogP contribution in [0.2, 0.25) is 0 Å². The van der Waals surface area contributed by atoms with Crippen molar-refractivity contribution in [3.63, 3.8) is 0 Å². The second-order valence-electron chi connectivity index (χ2n) is 4.91. The second kappa shape index (κ2) is 7.15. The number of nitrogens with one attached hydrogen (secondary N) is 1. The third kappa shape index (κ3) is 3.63. The third-order valence-corrected chi connectivity index (χ3v) is 4.31. The summed E-state index contributed by atoms with van der Waals surface area (Å²) in [7, 11) is 1.69. The van der Waals surface area contributed by atoms with Gasteiger partial charge in [0.25, 0.3) is 0 Å². The lowest BCUT2D eigenvalue weighted by atomic mass is 9.92. The first-order valence-corrected chi connectivity index (χ1v) is 7.74. The van der Waals surface area contributed by atoms with E-state index < -0.39 is 0 Å². The van der Waals surface area contributed by atoms with E-state index in [1.54, 1.807) is 7.11 Å². The van der Waals surface area contributed by atoms with E-state index in [4.69, 9.17) is 9.47 Å². The zero-order valence-electron chi connectivity index (χ0n) is 11.7. The zero-order valence-corrected chi connectivity index (χ0v) is 13.3. The Morgan fingerprint density at radius 3 is 2.89 bits per heavy atom. The van der Waals surface area contributed by atoms with Crippen molar-refractivity contribution >= 4 is 15.9 Å². The van der Waals surface area contributed by atoms with Gasteiger partial charge in [-0.05, 0) is 57.3 Å². The molecule has 4 heteroatoms. The molecule has 0 radical (unpaired) electrons. The molecule has 0 bridgehead atoms. The van der Waals surface area contributed by atoms with Crippen LogP contribution in [0.1, 0.15) is 25.3 Å². The quantitative estimate of drug-likeness (QED) is 0.899. The fourth-order valence-corrected chi connectivity index (χ4v) is 3.10. The summed E-state index contributed by atoms with van der Waals surface area (Å²) in [5.74, 6) is 2.39. The molecule has 1 aliphatic rings. The Morgan fingerprint density at radius 1 is 1.42 bits per heavy atom. The molecular formula is C15H22BrNO2. The van der Waals surface area contributed by atoms with Crippen LogP contribution in [-0.4, -0.2) is 26.8 Å². The summed E-state index contributed by atoms with van der Waals surface area (Å²) >= 11 is 3.65. The number of hydrogen-bond donors (Lipinski definition) is 1. The van der Waals surface area contributed by atoms with Crippen LogP contribution in [0.25, 0.3) is 0 Å². The molecule has 0 aromatic heterocycles. The smallest absolute Gasteiger partial charge is 0.165 e. The molecule has 1 fully saturated rings. The summed E-state index contributed by atoms with van der Waals surface area (Å²) in [6.45, 7) is 4.90. The van der Waals surface area contributed by atoms with E-state index >= 15 is 0 Å². The number of benzene rings is 1. The van der Waals surface area contributed by atoms with E-state index in [0.29, 0.717) is 12.5 Å². The summed E-state index contributed by atoms with van der Waals surface area (Å²) in [5.41, 5.74) is 1.23. The number of piperidine rings is 1. The maximum absolute atomic E-state index is 5.81. The second-order valence-corrected chi connectivity index (χ2v) is 5.76. The lowest BCUT2D eigenvalue weighted by Crippen LogP contribution is -2.31. The van der Waals surface area contributed by atoms with Crippen LogP contribution < -0.4 is 14.8 Å². The molecule has 1 saturated heterocycles. The Bertz CT molecular complexity index is 417. The van der Waals surface area contributed by atoms with Crippen LogP contribution in [0.15, 0.2) is 16.6 Å². The summed E-state index contributed by atoms with van der Waals surface area (Å²) in [5, 5.41) is 3.47. The van der Waals surface area contributed by atoms with Gasteiger partial charge in [-0.2, -0.15) is 0 Å². The first-order valence-electron chi connectivity index (χ1n) is 6.95. The van der Waals surface area contributed by atoms with Gasteiger partial charge >= 0.3 is 0 Å². The van der Waals surface area contributed by atoms with Gasteiger partial charge in [0.05, 0.1) is 13.7 Å². The lowest BCUT2D eigenvalue weighted by molar-refractivity contribution is 0.302. The molecule has 1 aromatic rings. The van der Waals surface area contributed by atoms with Gasteiger partial charge in [0.15, 0.2) is 11.5 Å². The topological polar surface area (TPSA) is 30.5 Å². The van der Waals surface area contributed by atoms with Gasteiger partial charge in [0.1, 0.15) is 0 Å². The highest BCUT2D eigenvalue weighted by atomic mass is 79.9. The van der Waals surface area contributed by atoms with Crippen LogP contribution in [0, 0.1) is 5.92 Å². The summed E-state index contributed by atoms with van der Waals surface area (Å²) in [6, 6.07) is 4.00. The van der Waals surface area contributed by atoms with E-state index in [1.807, 2.05) is 19.1 Å². The van der Waals surface area contributed by atoms with Gasteiger partial charge in [-0.1, -0.05) is 15.9 Å². The van der Waals surface area contributed by atoms with Gasteiger partial charge in [0, 0.05) is 10.0 Å². The van der Waals surface area contributed by atoms with Crippen molar-refractivity contribution in [2.75, 3.05) is 26.8 Å². The predicted octanol–water partition coefficient (Wildman–Crippen LogP) is 3.40. The molecule has 3 nitrogen and oxygen atoms in total. The van der Waals surface area contributed by atoms with E-state index in [9.17, 15) is 0 Å². The van der Waals surface area contributed by atoms with Gasteiger partial charge in [-0.3, -0.25) is 0 Å². The molecule has 1 atom stereocenters. The molecule has 1 unspecified atom stereocenters. The maximum atomic E-state index is 5.81. The van der Waals surface area contributed by atoms with Crippen LogP contribution in [0.4, 0.5) is 0 Å². The van der Waals surface area contributed by atoms with Crippen LogP contribution >= 0.6 is 15.9 Å². The summed E-state index contributed by atoms with van der Waals surface area (Å²) < 4.78 is 12.3. The van der Waals surface area contributed by atoms with Crippen molar-refractivity contribution < 1.29 is 9.47 Å². The van der Waals surface area contributed by atoms with Crippen LogP contribution in [-0.2, 0) is 6.42 Å². The molecule has 1 aliphatic heterocycles. The minimum absolute atomic E-state index is 0.655. The standard InChI is InChI=1S/C15H22BrNO2/c1-3-19-15-12(9-11-5-4-8-17-10-11)13(16)6-7-14(15)18-2/h6-7,11,17H,3-5,8-10H2,1-2H3. The van der Waals surface area contributed by atoms with Crippen molar-refractivity contribution in [1.29, 1.82) is 0 Å². The Morgan fingerprint density at radius 2 is 2.26 bits per heavy atom. The molecule has 106 valence electrons. The zero-order chi connectivity index (χ0) is 13.7. The number of halogens is 1. The van der Waals surface area contributed by atoms with Gasteiger partial charge in [-0.25, -0.2) is 0 Å². The summed E-state index contributed by atoms with van der Waals surface area (Å²) in [6.07, 6.45) is 3.57. The number of methoxy groups -OCH3 is 1. The van der Waals surface area contributed by atoms with Gasteiger partial charge in [-0.15, -0.1) is 0 Å². The number of hydrogen-bond acceptors (Lipinski definition) is 3. The number of ether oxygens (including phenoxy) is 2. The maximum Gasteiger partial charge on any atom is 0.165 e. The molecule has 0 amide bonds. The Kier molecular flexibility index (Phi) is 5.52. The average Bonchev–Trinajstić information content (AvgIpc) is 2.44. The molecule has 0 saturated carbocycles. The van der Waals surface area contributed by atoms with E-state index in [1.165, 1.54) is 18.4 Å². The van der Waals surface area contributed by atoms with Crippen molar-refractivity contribution in [2.45, 2.75) is 26.2 Å². The monoisotopic (exact) mass is 327 g/mol. The van der Waals surface area contributed by atoms with Crippen molar-refractivity contribution in [1.82, 2.24) is 5.32 Å². The first-order chi connectivity index (χ1) is 9.26. The highest BCUT2D eigenvalue weighted by Crippen LogP contribution is 2.38. The first kappa shape index (κ1) is 14.7.